The molecule has 3 aliphatic heterocycles. The van der Waals surface area contributed by atoms with Crippen molar-refractivity contribution in [2.75, 3.05) is 53.0 Å². The third-order valence-corrected chi connectivity index (χ3v) is 18.3. The fourth-order valence-electron chi connectivity index (χ4n) is 11.5. The van der Waals surface area contributed by atoms with Crippen LogP contribution >= 0.6 is 23.7 Å². The molecule has 38 heteroatoms. The summed E-state index contributed by atoms with van der Waals surface area (Å²) in [5, 5.41) is 131. The van der Waals surface area contributed by atoms with E-state index in [-0.39, 0.29) is 58.8 Å². The smallest absolute Gasteiger partial charge is 0.691 e. The minimum absolute atomic E-state index is 0. The number of aliphatic hydroxyl groups is 7. The van der Waals surface area contributed by atoms with Crippen LogP contribution in [0.25, 0.3) is 21.1 Å². The summed E-state index contributed by atoms with van der Waals surface area (Å²) in [6, 6.07) is 4.95. The summed E-state index contributed by atoms with van der Waals surface area (Å²) in [6.45, 7) is 5.60. The molecule has 566 valence electrons. The zero-order valence-corrected chi connectivity index (χ0v) is 62.1. The summed E-state index contributed by atoms with van der Waals surface area (Å²) in [7, 11) is 1.69. The summed E-state index contributed by atoms with van der Waals surface area (Å²) in [6.07, 6.45) is -11.2. The quantitative estimate of drug-likeness (QED) is 0.00833. The number of fused-ring (bicyclic) bond motifs is 2. The minimum Gasteiger partial charge on any atom is -0.691 e. The SMILES string of the molecule is COCCCCCCCOc1ccc(-c2nnc(-c3ccc(C(=O)N[C@H]4C[C@H](O)CNC(=O)[C@@H]5[C@@H](O)[C@H](C)CN5C(=O)[C@H]([C@H](O)CCNC(=O)[C@@H](O)CNC(=O)OC(C)(C)C)NC(=O)[C@H]([C@H](O)Cc5ccc(O)c(OSOO[O-])c5)NC(=O)[C@@H]5C[C@H](O)CN5C(=O)[C@H]([C@H](C)O)NC4=O)cc3)s2)cc1.[Na+]. The van der Waals surface area contributed by atoms with Gasteiger partial charge >= 0.3 is 35.7 Å². The second-order valence-electron chi connectivity index (χ2n) is 26.2. The normalized spacial score (nSPS) is 23.4. The number of phenols is 1. The van der Waals surface area contributed by atoms with E-state index in [4.69, 9.17) is 18.4 Å². The number of nitrogens with zero attached hydrogens (tertiary/aromatic N) is 4. The molecule has 0 spiro atoms. The number of carbonyl (C=O) groups excluding carboxylic acids is 9. The van der Waals surface area contributed by atoms with Crippen molar-refractivity contribution < 1.29 is 147 Å². The molecule has 3 fully saturated rings. The number of aliphatic hydroxyl groups excluding tert-OH is 7. The molecule has 9 amide bonds. The van der Waals surface area contributed by atoms with Crippen LogP contribution in [-0.4, -0.2) is 252 Å². The van der Waals surface area contributed by atoms with Gasteiger partial charge < -0.3 is 112 Å². The Morgan fingerprint density at radius 1 is 0.750 bits per heavy atom. The second kappa shape index (κ2) is 40.9. The number of carbonyl (C=O) groups is 9. The number of hydrogen-bond acceptors (Lipinski definition) is 28. The molecule has 104 heavy (non-hydrogen) atoms. The molecule has 3 saturated heterocycles. The van der Waals surface area contributed by atoms with Gasteiger partial charge in [0, 0.05) is 81.8 Å². The molecule has 3 aromatic carbocycles. The third kappa shape index (κ3) is 24.8. The van der Waals surface area contributed by atoms with Gasteiger partial charge in [-0.15, -0.1) is 14.5 Å². The van der Waals surface area contributed by atoms with E-state index in [1.165, 1.54) is 36.5 Å². The average molecular weight is 1510 g/mol. The molecular weight excluding hydrogens is 1420 g/mol. The van der Waals surface area contributed by atoms with E-state index in [1.54, 1.807) is 40.0 Å². The van der Waals surface area contributed by atoms with Crippen LogP contribution in [0.15, 0.2) is 66.7 Å². The number of unbranched alkanes of at least 4 members (excludes halogenated alkanes) is 4. The number of nitrogens with one attached hydrogen (secondary N) is 7. The topological polar surface area (TPSA) is 510 Å². The molecule has 0 radical (unpaired) electrons. The minimum atomic E-state index is -2.25. The fraction of sp³-hybridized carbons (Fsp3) is 0.561. The number of alkyl carbamates (subject to hydrolysis) is 1. The van der Waals surface area contributed by atoms with Crippen molar-refractivity contribution in [1.82, 2.24) is 57.2 Å². The predicted octanol–water partition coefficient (Wildman–Crippen LogP) is -4.94. The number of aromatic hydroxyl groups is 1. The van der Waals surface area contributed by atoms with Crippen molar-refractivity contribution in [1.29, 1.82) is 0 Å². The maximum absolute atomic E-state index is 15.1. The predicted molar refractivity (Wildman–Crippen MR) is 362 cm³/mol. The van der Waals surface area contributed by atoms with E-state index < -0.39 is 208 Å². The van der Waals surface area contributed by atoms with Crippen molar-refractivity contribution in [2.45, 2.75) is 177 Å². The van der Waals surface area contributed by atoms with E-state index in [0.29, 0.717) is 27.9 Å². The van der Waals surface area contributed by atoms with E-state index in [0.717, 1.165) is 73.1 Å². The van der Waals surface area contributed by atoms with Crippen LogP contribution in [0, 0.1) is 5.92 Å². The first kappa shape index (κ1) is 85.5. The number of rotatable bonds is 28. The van der Waals surface area contributed by atoms with E-state index in [1.807, 2.05) is 24.3 Å². The molecule has 0 unspecified atom stereocenters. The number of benzene rings is 3. The first-order chi connectivity index (χ1) is 49.0. The van der Waals surface area contributed by atoms with Crippen LogP contribution in [0.2, 0.25) is 0 Å². The Morgan fingerprint density at radius 2 is 1.38 bits per heavy atom. The number of phenolic OH excluding ortho intramolecular Hbond substituents is 1. The van der Waals surface area contributed by atoms with Crippen molar-refractivity contribution >= 4 is 77.0 Å². The number of β-amino-alcohol motifs (C(OH)–C–C–N with tert-alkyl or cyclic N) is 1. The van der Waals surface area contributed by atoms with E-state index >= 15 is 4.79 Å². The molecule has 1 aromatic heterocycles. The Hall–Kier alpha value is -7.44. The molecule has 7 rings (SSSR count). The largest absolute Gasteiger partial charge is 1.00 e. The van der Waals surface area contributed by atoms with Crippen LogP contribution in [-0.2, 0) is 58.8 Å². The summed E-state index contributed by atoms with van der Waals surface area (Å²) in [5.74, 6) is -10.6. The van der Waals surface area contributed by atoms with Gasteiger partial charge in [0.05, 0.1) is 49.8 Å². The molecular formula is C66H90N11NaO24S2. The molecule has 0 aliphatic carbocycles. The van der Waals surface area contributed by atoms with Gasteiger partial charge in [0.25, 0.3) is 24.1 Å². The number of ether oxygens (including phenoxy) is 3. The average Bonchev–Trinajstić information content (AvgIpc) is 1.62. The van der Waals surface area contributed by atoms with E-state index in [2.05, 4.69) is 56.8 Å². The van der Waals surface area contributed by atoms with E-state index in [9.17, 15) is 84.5 Å². The first-order valence-corrected chi connectivity index (χ1v) is 34.8. The fourth-order valence-corrected chi connectivity index (χ4v) is 12.6. The molecule has 15 N–H and O–H groups in total. The molecule has 4 heterocycles. The maximum atomic E-state index is 15.1. The number of methoxy groups -OCH3 is 1. The summed E-state index contributed by atoms with van der Waals surface area (Å²) < 4.78 is 25.4. The van der Waals surface area contributed by atoms with Gasteiger partial charge in [-0.1, -0.05) is 55.7 Å². The van der Waals surface area contributed by atoms with Crippen molar-refractivity contribution in [3.05, 3.63) is 77.9 Å². The Kier molecular flexibility index (Phi) is 33.6. The standard InChI is InChI=1S/C66H91N11O24S2.Na/c1-34-32-77-53(54(34)85)60(91)68-30-40(79)28-43(70-55(86)37-13-15-38(16-14-37)61-74-75-62(102-61)39-17-19-42(20-18-39)97-25-11-9-7-8-10-24-96-6)56(87)71-50(35(2)78)63(92)76-33-41(80)29-44(76)57(88)72-51(47(83)26-36-12-21-45(81)49(27-36)99-103-101-100-95)59(90)73-52(64(77)93)46(82)22-23-67-58(89)48(84)31-69-65(94)98-66(3,4)5;/h12-21,27,34-35,40-41,43-44,46-48,50-54,78-85,95H,7-11,22-26,28-33H2,1-6H3,(H,67,89)(H,68,91)(H,69,94)(H,70,86)(H,71,87)(H,72,88)(H,73,90);/q;+1/p-1/t34-,35+,40+,41+,43+,44+,46-,47-,48+,50+,51+,52+,53+,54+;/m1./s1. The molecule has 14 atom stereocenters. The Labute approximate surface area is 629 Å². The van der Waals surface area contributed by atoms with Gasteiger partial charge in [-0.25, -0.2) is 4.79 Å². The Morgan fingerprint density at radius 3 is 2.02 bits per heavy atom. The Balaban J connectivity index is 0.0000170. The van der Waals surface area contributed by atoms with Gasteiger partial charge in [-0.05, 0) is 101 Å². The number of aromatic nitrogens is 2. The second-order valence-corrected chi connectivity index (χ2v) is 27.6. The summed E-state index contributed by atoms with van der Waals surface area (Å²) in [5.41, 5.74) is 0.443. The molecule has 3 aliphatic rings. The summed E-state index contributed by atoms with van der Waals surface area (Å²) >= 11 is 1.26. The van der Waals surface area contributed by atoms with Gasteiger partial charge in [0.2, 0.25) is 35.4 Å². The van der Waals surface area contributed by atoms with Crippen LogP contribution in [0.3, 0.4) is 0 Å². The first-order valence-electron chi connectivity index (χ1n) is 33.4. The van der Waals surface area contributed by atoms with Gasteiger partial charge in [-0.3, -0.25) is 43.4 Å². The summed E-state index contributed by atoms with van der Waals surface area (Å²) in [4.78, 5) is 130. The van der Waals surface area contributed by atoms with Crippen LogP contribution in [0.1, 0.15) is 102 Å². The zero-order chi connectivity index (χ0) is 75.2. The third-order valence-electron chi connectivity index (χ3n) is 17.0. The van der Waals surface area contributed by atoms with Crippen molar-refractivity contribution in [2.24, 2.45) is 5.92 Å². The van der Waals surface area contributed by atoms with Crippen LogP contribution in [0.5, 0.6) is 17.2 Å². The van der Waals surface area contributed by atoms with Crippen LogP contribution in [0.4, 0.5) is 4.79 Å². The molecule has 4 aromatic rings. The molecule has 35 nitrogen and oxygen atoms in total. The van der Waals surface area contributed by atoms with Crippen molar-refractivity contribution in [3.8, 4) is 38.4 Å². The number of hydrogen-bond donors (Lipinski definition) is 15. The monoisotopic (exact) mass is 1510 g/mol. The van der Waals surface area contributed by atoms with Gasteiger partial charge in [0.1, 0.15) is 63.7 Å². The maximum Gasteiger partial charge on any atom is 1.00 e. The molecule has 0 bridgehead atoms. The van der Waals surface area contributed by atoms with Gasteiger partial charge in [-0.2, -0.15) is 0 Å². The van der Waals surface area contributed by atoms with Gasteiger partial charge in [0.15, 0.2) is 11.5 Å². The molecule has 0 saturated carbocycles. The zero-order valence-electron chi connectivity index (χ0n) is 58.5. The van der Waals surface area contributed by atoms with Crippen molar-refractivity contribution in [3.63, 3.8) is 0 Å². The van der Waals surface area contributed by atoms with Crippen LogP contribution < -0.4 is 81.0 Å². The Bertz CT molecular complexity index is 3520. The number of amides is 9.